The van der Waals surface area contributed by atoms with Gasteiger partial charge < -0.3 is 4.74 Å². The summed E-state index contributed by atoms with van der Waals surface area (Å²) in [7, 11) is 0. The van der Waals surface area contributed by atoms with E-state index in [0.717, 1.165) is 32.3 Å². The largest absolute Gasteiger partial charge is 0.374 e. The number of carbonyl (C=O) groups is 1. The molecule has 0 N–H and O–H groups in total. The zero-order valence-electron chi connectivity index (χ0n) is 7.85. The highest BCUT2D eigenvalue weighted by molar-refractivity contribution is 5.79. The van der Waals surface area contributed by atoms with Crippen molar-refractivity contribution in [3.05, 3.63) is 0 Å². The molecule has 0 aromatic carbocycles. The van der Waals surface area contributed by atoms with Crippen LogP contribution in [0.3, 0.4) is 0 Å². The first-order chi connectivity index (χ1) is 5.56. The molecule has 0 unspecified atom stereocenters. The normalized spacial score (nSPS) is 31.7. The Labute approximate surface area is 73.3 Å². The summed E-state index contributed by atoms with van der Waals surface area (Å²) >= 11 is 0. The molecule has 12 heavy (non-hydrogen) atoms. The lowest BCUT2D eigenvalue weighted by molar-refractivity contribution is -0.263. The second kappa shape index (κ2) is 2.32. The molecule has 1 saturated carbocycles. The van der Waals surface area contributed by atoms with E-state index in [1.54, 1.807) is 0 Å². The highest BCUT2D eigenvalue weighted by Crippen LogP contribution is 2.51. The van der Waals surface area contributed by atoms with Gasteiger partial charge in [-0.25, -0.2) is 0 Å². The maximum atomic E-state index is 11.0. The Morgan fingerprint density at radius 3 is 2.17 bits per heavy atom. The van der Waals surface area contributed by atoms with Crippen LogP contribution in [0.15, 0.2) is 0 Å². The molecule has 0 aromatic heterocycles. The minimum atomic E-state index is 0.0565. The van der Waals surface area contributed by atoms with Gasteiger partial charge in [0.25, 0.3) is 0 Å². The molecule has 2 fully saturated rings. The van der Waals surface area contributed by atoms with Crippen LogP contribution in [0.25, 0.3) is 0 Å². The van der Waals surface area contributed by atoms with Gasteiger partial charge >= 0.3 is 0 Å². The number of rotatable bonds is 0. The van der Waals surface area contributed by atoms with Gasteiger partial charge in [-0.3, -0.25) is 4.79 Å². The molecule has 1 aliphatic carbocycles. The molecular formula is C10H16O2. The SMILES string of the molecule is CC1(C)COC12CCC(=O)CC2. The Bertz CT molecular complexity index is 208. The Morgan fingerprint density at radius 2 is 1.83 bits per heavy atom. The van der Waals surface area contributed by atoms with Crippen LogP contribution in [0.1, 0.15) is 39.5 Å². The van der Waals surface area contributed by atoms with Crippen molar-refractivity contribution in [2.24, 2.45) is 5.41 Å². The molecule has 0 amide bonds. The van der Waals surface area contributed by atoms with Crippen LogP contribution in [0, 0.1) is 5.41 Å². The third-order valence-corrected chi connectivity index (χ3v) is 3.56. The molecule has 2 rings (SSSR count). The van der Waals surface area contributed by atoms with Crippen molar-refractivity contribution in [3.63, 3.8) is 0 Å². The van der Waals surface area contributed by atoms with Crippen molar-refractivity contribution < 1.29 is 9.53 Å². The van der Waals surface area contributed by atoms with Gasteiger partial charge in [0.2, 0.25) is 0 Å². The molecule has 2 aliphatic rings. The van der Waals surface area contributed by atoms with Crippen LogP contribution in [-0.4, -0.2) is 18.0 Å². The monoisotopic (exact) mass is 168 g/mol. The molecule has 0 aromatic rings. The molecule has 2 heteroatoms. The summed E-state index contributed by atoms with van der Waals surface area (Å²) in [6.07, 6.45) is 3.34. The lowest BCUT2D eigenvalue weighted by Gasteiger charge is -2.57. The van der Waals surface area contributed by atoms with Gasteiger partial charge in [-0.2, -0.15) is 0 Å². The Hall–Kier alpha value is -0.370. The molecule has 1 saturated heterocycles. The molecular weight excluding hydrogens is 152 g/mol. The third kappa shape index (κ3) is 0.939. The fourth-order valence-electron chi connectivity index (χ4n) is 2.32. The lowest BCUT2D eigenvalue weighted by atomic mass is 9.63. The molecule has 68 valence electrons. The smallest absolute Gasteiger partial charge is 0.133 e. The van der Waals surface area contributed by atoms with Crippen LogP contribution >= 0.6 is 0 Å². The summed E-state index contributed by atoms with van der Waals surface area (Å²) in [4.78, 5) is 11.0. The van der Waals surface area contributed by atoms with Gasteiger partial charge in [-0.15, -0.1) is 0 Å². The highest BCUT2D eigenvalue weighted by Gasteiger charge is 2.55. The van der Waals surface area contributed by atoms with Crippen molar-refractivity contribution in [2.45, 2.75) is 45.1 Å². The number of ketones is 1. The summed E-state index contributed by atoms with van der Waals surface area (Å²) < 4.78 is 5.67. The summed E-state index contributed by atoms with van der Waals surface area (Å²) in [5.74, 6) is 0.409. The maximum absolute atomic E-state index is 11.0. The van der Waals surface area contributed by atoms with Gasteiger partial charge in [-0.1, -0.05) is 13.8 Å². The van der Waals surface area contributed by atoms with Crippen LogP contribution in [0.2, 0.25) is 0 Å². The van der Waals surface area contributed by atoms with Crippen molar-refractivity contribution >= 4 is 5.78 Å². The van der Waals surface area contributed by atoms with Crippen molar-refractivity contribution in [1.82, 2.24) is 0 Å². The van der Waals surface area contributed by atoms with Gasteiger partial charge in [0.15, 0.2) is 0 Å². The fraction of sp³-hybridized carbons (Fsp3) is 0.900. The van der Waals surface area contributed by atoms with E-state index in [2.05, 4.69) is 13.8 Å². The Balaban J connectivity index is 2.09. The van der Waals surface area contributed by atoms with Crippen molar-refractivity contribution in [3.8, 4) is 0 Å². The van der Waals surface area contributed by atoms with E-state index in [4.69, 9.17) is 4.74 Å². The molecule has 0 bridgehead atoms. The standard InChI is InChI=1S/C10H16O2/c1-9(2)7-12-10(9)5-3-8(11)4-6-10/h3-7H2,1-2H3. The number of hydrogen-bond donors (Lipinski definition) is 0. The van der Waals surface area contributed by atoms with Gasteiger partial charge in [0.1, 0.15) is 5.78 Å². The van der Waals surface area contributed by atoms with E-state index in [1.807, 2.05) is 0 Å². The minimum absolute atomic E-state index is 0.0565. The Kier molecular flexibility index (Phi) is 1.59. The average Bonchev–Trinajstić information content (AvgIpc) is 2.04. The summed E-state index contributed by atoms with van der Waals surface area (Å²) in [5, 5.41) is 0. The van der Waals surface area contributed by atoms with E-state index in [9.17, 15) is 4.79 Å². The van der Waals surface area contributed by atoms with Crippen LogP contribution in [0.4, 0.5) is 0 Å². The summed E-state index contributed by atoms with van der Waals surface area (Å²) in [5.41, 5.74) is 0.356. The zero-order valence-corrected chi connectivity index (χ0v) is 7.85. The van der Waals surface area contributed by atoms with Gasteiger partial charge in [0.05, 0.1) is 12.2 Å². The topological polar surface area (TPSA) is 26.3 Å². The van der Waals surface area contributed by atoms with Gasteiger partial charge in [0, 0.05) is 18.3 Å². The van der Waals surface area contributed by atoms with E-state index in [0.29, 0.717) is 11.2 Å². The average molecular weight is 168 g/mol. The number of hydrogen-bond acceptors (Lipinski definition) is 2. The Morgan fingerprint density at radius 1 is 1.25 bits per heavy atom. The van der Waals surface area contributed by atoms with Crippen molar-refractivity contribution in [2.75, 3.05) is 6.61 Å². The first kappa shape index (κ1) is 8.24. The predicted octanol–water partition coefficient (Wildman–Crippen LogP) is 1.92. The van der Waals surface area contributed by atoms with E-state index < -0.39 is 0 Å². The second-order valence-electron chi connectivity index (χ2n) is 4.71. The number of carbonyl (C=O) groups excluding carboxylic acids is 1. The van der Waals surface area contributed by atoms with Crippen LogP contribution in [-0.2, 0) is 9.53 Å². The highest BCUT2D eigenvalue weighted by atomic mass is 16.5. The molecule has 0 atom stereocenters. The first-order valence-corrected chi connectivity index (χ1v) is 4.71. The fourth-order valence-corrected chi connectivity index (χ4v) is 2.32. The summed E-state index contributed by atoms with van der Waals surface area (Å²) in [6.45, 7) is 5.35. The molecule has 0 radical (unpaired) electrons. The van der Waals surface area contributed by atoms with E-state index >= 15 is 0 Å². The zero-order chi connectivity index (χ0) is 8.82. The molecule has 2 nitrogen and oxygen atoms in total. The molecule has 1 heterocycles. The minimum Gasteiger partial charge on any atom is -0.374 e. The van der Waals surface area contributed by atoms with Crippen LogP contribution < -0.4 is 0 Å². The molecule has 1 aliphatic heterocycles. The van der Waals surface area contributed by atoms with Crippen LogP contribution in [0.5, 0.6) is 0 Å². The predicted molar refractivity (Wildman–Crippen MR) is 45.9 cm³/mol. The second-order valence-corrected chi connectivity index (χ2v) is 4.71. The maximum Gasteiger partial charge on any atom is 0.133 e. The molecule has 1 spiro atoms. The number of Topliss-reactive ketones (excluding diaryl/α,β-unsaturated/α-hetero) is 1. The quantitative estimate of drug-likeness (QED) is 0.552. The van der Waals surface area contributed by atoms with Crippen molar-refractivity contribution in [1.29, 1.82) is 0 Å². The lowest BCUT2D eigenvalue weighted by Crippen LogP contribution is -2.61. The van der Waals surface area contributed by atoms with E-state index in [1.165, 1.54) is 0 Å². The third-order valence-electron chi connectivity index (χ3n) is 3.56. The summed E-state index contributed by atoms with van der Waals surface area (Å²) in [6, 6.07) is 0. The number of ether oxygens (including phenoxy) is 1. The van der Waals surface area contributed by atoms with E-state index in [-0.39, 0.29) is 5.60 Å². The first-order valence-electron chi connectivity index (χ1n) is 4.71. The van der Waals surface area contributed by atoms with Gasteiger partial charge in [-0.05, 0) is 12.8 Å².